The van der Waals surface area contributed by atoms with E-state index in [0.29, 0.717) is 5.95 Å². The third kappa shape index (κ3) is 6.36. The Morgan fingerprint density at radius 2 is 1.91 bits per heavy atom. The van der Waals surface area contributed by atoms with Crippen molar-refractivity contribution in [1.29, 1.82) is 0 Å². The first-order valence-corrected chi connectivity index (χ1v) is 9.93. The minimum atomic E-state index is -5.08. The zero-order valence-corrected chi connectivity index (χ0v) is 17.4. The minimum Gasteiger partial charge on any atom is -0.475 e. The molecular formula is C19H24F4N6O3. The highest BCUT2D eigenvalue weighted by Gasteiger charge is 2.41. The van der Waals surface area contributed by atoms with Crippen LogP contribution >= 0.6 is 0 Å². The molecular weight excluding hydrogens is 436 g/mol. The van der Waals surface area contributed by atoms with Gasteiger partial charge in [-0.3, -0.25) is 9.58 Å². The van der Waals surface area contributed by atoms with Gasteiger partial charge in [-0.15, -0.1) is 0 Å². The Bertz CT molecular complexity index is 903. The summed E-state index contributed by atoms with van der Waals surface area (Å²) in [6, 6.07) is 0. The monoisotopic (exact) mass is 460 g/mol. The molecule has 0 saturated carbocycles. The number of hydrogen-bond acceptors (Lipinski definition) is 7. The summed E-state index contributed by atoms with van der Waals surface area (Å²) in [6.07, 6.45) is 3.37. The summed E-state index contributed by atoms with van der Waals surface area (Å²) in [7, 11) is 1.94. The summed E-state index contributed by atoms with van der Waals surface area (Å²) < 4.78 is 52.9. The van der Waals surface area contributed by atoms with Crippen LogP contribution in [-0.4, -0.2) is 80.3 Å². The van der Waals surface area contributed by atoms with Gasteiger partial charge in [0.05, 0.1) is 37.3 Å². The van der Waals surface area contributed by atoms with Crippen molar-refractivity contribution in [2.75, 3.05) is 37.7 Å². The van der Waals surface area contributed by atoms with Gasteiger partial charge in [-0.05, 0) is 12.8 Å². The number of aromatic nitrogens is 4. The Morgan fingerprint density at radius 3 is 2.50 bits per heavy atom. The molecule has 2 fully saturated rings. The second-order valence-electron chi connectivity index (χ2n) is 7.79. The molecule has 176 valence electrons. The molecule has 0 aliphatic carbocycles. The lowest BCUT2D eigenvalue weighted by atomic mass is 9.90. The molecule has 4 heterocycles. The van der Waals surface area contributed by atoms with Crippen molar-refractivity contribution in [2.45, 2.75) is 31.2 Å². The summed E-state index contributed by atoms with van der Waals surface area (Å²) in [5.74, 6) is -2.59. The van der Waals surface area contributed by atoms with E-state index < -0.39 is 18.0 Å². The Hall–Kier alpha value is -2.80. The van der Waals surface area contributed by atoms with Crippen molar-refractivity contribution < 1.29 is 32.2 Å². The van der Waals surface area contributed by atoms with Crippen LogP contribution in [0.5, 0.6) is 0 Å². The van der Waals surface area contributed by atoms with Crippen molar-refractivity contribution >= 4 is 11.9 Å². The van der Waals surface area contributed by atoms with Crippen LogP contribution in [0.1, 0.15) is 18.4 Å². The van der Waals surface area contributed by atoms with E-state index in [1.807, 2.05) is 17.9 Å². The molecule has 1 atom stereocenters. The highest BCUT2D eigenvalue weighted by molar-refractivity contribution is 5.73. The maximum atomic E-state index is 13.1. The highest BCUT2D eigenvalue weighted by Crippen LogP contribution is 2.31. The summed E-state index contributed by atoms with van der Waals surface area (Å²) in [6.45, 7) is 5.01. The van der Waals surface area contributed by atoms with Crippen LogP contribution in [-0.2, 0) is 23.1 Å². The summed E-state index contributed by atoms with van der Waals surface area (Å²) in [5, 5.41) is 11.4. The number of aryl methyl sites for hydroxylation is 1. The molecule has 32 heavy (non-hydrogen) atoms. The van der Waals surface area contributed by atoms with Crippen LogP contribution in [0.4, 0.5) is 23.5 Å². The number of morpholine rings is 1. The minimum absolute atomic E-state index is 0.212. The molecule has 1 unspecified atom stereocenters. The lowest BCUT2D eigenvalue weighted by molar-refractivity contribution is -0.192. The predicted molar refractivity (Wildman–Crippen MR) is 104 cm³/mol. The van der Waals surface area contributed by atoms with E-state index in [4.69, 9.17) is 14.6 Å². The number of halogens is 4. The molecule has 1 spiro atoms. The molecule has 0 radical (unpaired) electrons. The third-order valence-corrected chi connectivity index (χ3v) is 5.16. The molecule has 2 aliphatic rings. The van der Waals surface area contributed by atoms with Gasteiger partial charge in [0, 0.05) is 45.0 Å². The number of piperidine rings is 1. The number of nitrogens with zero attached hydrogens (tertiary/aromatic N) is 6. The molecule has 2 saturated heterocycles. The van der Waals surface area contributed by atoms with Gasteiger partial charge < -0.3 is 14.7 Å². The summed E-state index contributed by atoms with van der Waals surface area (Å²) in [4.78, 5) is 21.7. The molecule has 2 aromatic rings. The van der Waals surface area contributed by atoms with E-state index in [1.54, 1.807) is 0 Å². The van der Waals surface area contributed by atoms with Gasteiger partial charge in [0.25, 0.3) is 0 Å². The lowest BCUT2D eigenvalue weighted by Gasteiger charge is -2.48. The SMILES string of the molecule is Cn1cc(CN2CCOC3(CCCN(c4ncc(F)cn4)C3)C2)cn1.O=C(O)C(F)(F)F. The van der Waals surface area contributed by atoms with Crippen LogP contribution < -0.4 is 4.90 Å². The second kappa shape index (κ2) is 9.77. The smallest absolute Gasteiger partial charge is 0.475 e. The van der Waals surface area contributed by atoms with E-state index in [2.05, 4.69) is 31.1 Å². The van der Waals surface area contributed by atoms with Crippen molar-refractivity contribution in [3.8, 4) is 0 Å². The summed E-state index contributed by atoms with van der Waals surface area (Å²) >= 11 is 0. The van der Waals surface area contributed by atoms with Crippen LogP contribution in [0.15, 0.2) is 24.8 Å². The first kappa shape index (κ1) is 23.9. The summed E-state index contributed by atoms with van der Waals surface area (Å²) in [5.41, 5.74) is 1.00. The predicted octanol–water partition coefficient (Wildman–Crippen LogP) is 1.85. The lowest BCUT2D eigenvalue weighted by Crippen LogP contribution is -2.59. The standard InChI is InChI=1S/C17H23FN6O.C2HF3O2/c1-22-10-14(7-21-22)11-23-5-6-25-17(12-23)3-2-4-24(13-17)16-19-8-15(18)9-20-16;3-2(4,5)1(6)7/h7-10H,2-6,11-13H2,1H3;(H,6,7). The number of rotatable bonds is 3. The second-order valence-corrected chi connectivity index (χ2v) is 7.79. The molecule has 1 N–H and O–H groups in total. The zero-order chi connectivity index (χ0) is 23.4. The normalized spacial score (nSPS) is 21.8. The average Bonchev–Trinajstić information content (AvgIpc) is 3.13. The maximum absolute atomic E-state index is 13.1. The molecule has 4 rings (SSSR count). The van der Waals surface area contributed by atoms with Crippen LogP contribution in [0.2, 0.25) is 0 Å². The fraction of sp³-hybridized carbons (Fsp3) is 0.579. The Morgan fingerprint density at radius 1 is 1.22 bits per heavy atom. The van der Waals surface area contributed by atoms with Gasteiger partial charge in [-0.1, -0.05) is 0 Å². The first-order chi connectivity index (χ1) is 15.1. The molecule has 9 nitrogen and oxygen atoms in total. The van der Waals surface area contributed by atoms with E-state index in [0.717, 1.165) is 52.2 Å². The molecule has 2 aliphatic heterocycles. The number of hydrogen-bond donors (Lipinski definition) is 1. The first-order valence-electron chi connectivity index (χ1n) is 9.93. The molecule has 0 bridgehead atoms. The van der Waals surface area contributed by atoms with Crippen molar-refractivity contribution in [3.63, 3.8) is 0 Å². The van der Waals surface area contributed by atoms with E-state index in [-0.39, 0.29) is 5.60 Å². The van der Waals surface area contributed by atoms with Gasteiger partial charge >= 0.3 is 12.1 Å². The zero-order valence-electron chi connectivity index (χ0n) is 17.4. The fourth-order valence-electron chi connectivity index (χ4n) is 3.85. The van der Waals surface area contributed by atoms with E-state index in [9.17, 15) is 17.6 Å². The van der Waals surface area contributed by atoms with E-state index in [1.165, 1.54) is 18.0 Å². The van der Waals surface area contributed by atoms with Gasteiger partial charge in [0.2, 0.25) is 5.95 Å². The Kier molecular flexibility index (Phi) is 7.29. The number of alkyl halides is 3. The van der Waals surface area contributed by atoms with E-state index >= 15 is 0 Å². The number of ether oxygens (including phenoxy) is 1. The fourth-order valence-corrected chi connectivity index (χ4v) is 3.85. The van der Waals surface area contributed by atoms with Crippen molar-refractivity contribution in [1.82, 2.24) is 24.6 Å². The number of anilines is 1. The molecule has 0 aromatic carbocycles. The van der Waals surface area contributed by atoms with Gasteiger partial charge in [-0.2, -0.15) is 18.3 Å². The molecule has 13 heteroatoms. The third-order valence-electron chi connectivity index (χ3n) is 5.16. The molecule has 2 aromatic heterocycles. The van der Waals surface area contributed by atoms with Gasteiger partial charge in [0.15, 0.2) is 5.82 Å². The number of carboxylic acid groups (broad SMARTS) is 1. The Labute approximate surface area is 181 Å². The highest BCUT2D eigenvalue weighted by atomic mass is 19.4. The van der Waals surface area contributed by atoms with Gasteiger partial charge in [0.1, 0.15) is 0 Å². The van der Waals surface area contributed by atoms with Crippen LogP contribution in [0.25, 0.3) is 0 Å². The van der Waals surface area contributed by atoms with Crippen molar-refractivity contribution in [2.24, 2.45) is 7.05 Å². The quantitative estimate of drug-likeness (QED) is 0.694. The van der Waals surface area contributed by atoms with Gasteiger partial charge in [-0.25, -0.2) is 19.2 Å². The van der Waals surface area contributed by atoms with Crippen molar-refractivity contribution in [3.05, 3.63) is 36.2 Å². The number of carboxylic acids is 1. The largest absolute Gasteiger partial charge is 0.490 e. The molecule has 0 amide bonds. The number of aliphatic carboxylic acids is 1. The topological polar surface area (TPSA) is 96.6 Å². The van der Waals surface area contributed by atoms with Crippen LogP contribution in [0, 0.1) is 5.82 Å². The number of carbonyl (C=O) groups is 1. The Balaban J connectivity index is 0.000000360. The average molecular weight is 460 g/mol. The van der Waals surface area contributed by atoms with Crippen LogP contribution in [0.3, 0.4) is 0 Å². The maximum Gasteiger partial charge on any atom is 0.490 e.